The zero-order chi connectivity index (χ0) is 10.4. The van der Waals surface area contributed by atoms with Gasteiger partial charge >= 0.3 is 0 Å². The lowest BCUT2D eigenvalue weighted by Gasteiger charge is -2.15. The van der Waals surface area contributed by atoms with Crippen LogP contribution in [0.3, 0.4) is 0 Å². The van der Waals surface area contributed by atoms with Crippen LogP contribution in [0.15, 0.2) is 30.3 Å². The van der Waals surface area contributed by atoms with Gasteiger partial charge in [-0.3, -0.25) is 4.79 Å². The standard InChI is InChI=1S/C10H13NO3/c1-11(14-8-13-2)10(12)9-6-4-3-5-7-9/h3-7H,8H2,1-2H3. The molecule has 4 heteroatoms. The lowest BCUT2D eigenvalue weighted by molar-refractivity contribution is -0.174. The number of carbonyl (C=O) groups is 1. The first-order chi connectivity index (χ1) is 6.75. The maximum atomic E-state index is 11.6. The van der Waals surface area contributed by atoms with E-state index in [2.05, 4.69) is 4.74 Å². The number of amides is 1. The normalized spacial score (nSPS) is 9.86. The molecule has 0 unspecified atom stereocenters. The van der Waals surface area contributed by atoms with Crippen LogP contribution >= 0.6 is 0 Å². The van der Waals surface area contributed by atoms with Crippen molar-refractivity contribution in [2.75, 3.05) is 21.0 Å². The van der Waals surface area contributed by atoms with E-state index in [1.807, 2.05) is 6.07 Å². The van der Waals surface area contributed by atoms with Crippen LogP contribution in [0.25, 0.3) is 0 Å². The van der Waals surface area contributed by atoms with Gasteiger partial charge in [-0.1, -0.05) is 18.2 Å². The molecule has 0 atom stereocenters. The number of rotatable bonds is 4. The molecule has 0 aromatic heterocycles. The number of benzene rings is 1. The van der Waals surface area contributed by atoms with Crippen molar-refractivity contribution in [2.45, 2.75) is 0 Å². The minimum Gasteiger partial charge on any atom is -0.356 e. The van der Waals surface area contributed by atoms with E-state index in [1.165, 1.54) is 7.11 Å². The Balaban J connectivity index is 2.57. The van der Waals surface area contributed by atoms with Crippen LogP contribution in [0.2, 0.25) is 0 Å². The van der Waals surface area contributed by atoms with Crippen molar-refractivity contribution in [1.82, 2.24) is 5.06 Å². The van der Waals surface area contributed by atoms with E-state index in [9.17, 15) is 4.79 Å². The van der Waals surface area contributed by atoms with Gasteiger partial charge in [-0.15, -0.1) is 0 Å². The molecule has 0 bridgehead atoms. The van der Waals surface area contributed by atoms with Crippen LogP contribution in [-0.2, 0) is 9.57 Å². The Hall–Kier alpha value is -1.39. The Bertz CT molecular complexity index is 287. The lowest BCUT2D eigenvalue weighted by Crippen LogP contribution is -2.27. The summed E-state index contributed by atoms with van der Waals surface area (Å²) in [5, 5.41) is 1.15. The van der Waals surface area contributed by atoms with Crippen molar-refractivity contribution >= 4 is 5.91 Å². The molecule has 14 heavy (non-hydrogen) atoms. The molecule has 76 valence electrons. The molecule has 0 aliphatic rings. The summed E-state index contributed by atoms with van der Waals surface area (Å²) in [7, 11) is 3.05. The van der Waals surface area contributed by atoms with E-state index < -0.39 is 0 Å². The Morgan fingerprint density at radius 2 is 2.00 bits per heavy atom. The Labute approximate surface area is 83.0 Å². The fourth-order valence-corrected chi connectivity index (χ4v) is 0.953. The van der Waals surface area contributed by atoms with Crippen LogP contribution in [-0.4, -0.2) is 31.9 Å². The number of methoxy groups -OCH3 is 1. The number of hydrogen-bond donors (Lipinski definition) is 0. The van der Waals surface area contributed by atoms with Gasteiger partial charge in [0.2, 0.25) is 0 Å². The van der Waals surface area contributed by atoms with E-state index in [4.69, 9.17) is 4.84 Å². The first-order valence-corrected chi connectivity index (χ1v) is 4.20. The van der Waals surface area contributed by atoms with Crippen LogP contribution in [0.4, 0.5) is 0 Å². The zero-order valence-electron chi connectivity index (χ0n) is 8.27. The van der Waals surface area contributed by atoms with Gasteiger partial charge in [-0.2, -0.15) is 0 Å². The van der Waals surface area contributed by atoms with Crippen molar-refractivity contribution < 1.29 is 14.4 Å². The molecule has 0 heterocycles. The molecule has 0 saturated heterocycles. The van der Waals surface area contributed by atoms with Crippen molar-refractivity contribution in [3.05, 3.63) is 35.9 Å². The molecular formula is C10H13NO3. The third-order valence-corrected chi connectivity index (χ3v) is 1.67. The van der Waals surface area contributed by atoms with Crippen LogP contribution in [0, 0.1) is 0 Å². The van der Waals surface area contributed by atoms with Crippen LogP contribution < -0.4 is 0 Å². The van der Waals surface area contributed by atoms with Gasteiger partial charge < -0.3 is 4.74 Å². The largest absolute Gasteiger partial charge is 0.356 e. The summed E-state index contributed by atoms with van der Waals surface area (Å²) in [6, 6.07) is 8.92. The molecule has 0 fully saturated rings. The predicted molar refractivity (Wildman–Crippen MR) is 51.5 cm³/mol. The molecule has 4 nitrogen and oxygen atoms in total. The summed E-state index contributed by atoms with van der Waals surface area (Å²) < 4.78 is 4.68. The fraction of sp³-hybridized carbons (Fsp3) is 0.300. The van der Waals surface area contributed by atoms with Gasteiger partial charge in [0.25, 0.3) is 5.91 Å². The summed E-state index contributed by atoms with van der Waals surface area (Å²) in [4.78, 5) is 16.6. The average molecular weight is 195 g/mol. The third-order valence-electron chi connectivity index (χ3n) is 1.67. The smallest absolute Gasteiger partial charge is 0.277 e. The van der Waals surface area contributed by atoms with E-state index in [0.717, 1.165) is 5.06 Å². The molecule has 0 aliphatic heterocycles. The monoisotopic (exact) mass is 195 g/mol. The maximum Gasteiger partial charge on any atom is 0.277 e. The minimum absolute atomic E-state index is 0.0646. The molecular weight excluding hydrogens is 182 g/mol. The second-order valence-electron chi connectivity index (χ2n) is 2.70. The molecule has 0 saturated carbocycles. The fourth-order valence-electron chi connectivity index (χ4n) is 0.953. The summed E-state index contributed by atoms with van der Waals surface area (Å²) in [5.41, 5.74) is 0.589. The molecule has 0 spiro atoms. The summed E-state index contributed by atoms with van der Waals surface area (Å²) in [6.45, 7) is 0.0646. The summed E-state index contributed by atoms with van der Waals surface area (Å²) in [5.74, 6) is -0.192. The highest BCUT2D eigenvalue weighted by Crippen LogP contribution is 2.02. The van der Waals surface area contributed by atoms with E-state index >= 15 is 0 Å². The maximum absolute atomic E-state index is 11.6. The number of hydroxylamine groups is 2. The molecule has 0 N–H and O–H groups in total. The summed E-state index contributed by atoms with van der Waals surface area (Å²) >= 11 is 0. The third kappa shape index (κ3) is 2.83. The Kier molecular flexibility index (Phi) is 4.10. The highest BCUT2D eigenvalue weighted by Gasteiger charge is 2.10. The van der Waals surface area contributed by atoms with Crippen LogP contribution in [0.1, 0.15) is 10.4 Å². The van der Waals surface area contributed by atoms with Gasteiger partial charge in [0, 0.05) is 19.7 Å². The van der Waals surface area contributed by atoms with E-state index in [1.54, 1.807) is 31.3 Å². The summed E-state index contributed by atoms with van der Waals surface area (Å²) in [6.07, 6.45) is 0. The van der Waals surface area contributed by atoms with Crippen molar-refractivity contribution in [3.63, 3.8) is 0 Å². The second-order valence-corrected chi connectivity index (χ2v) is 2.70. The van der Waals surface area contributed by atoms with Gasteiger partial charge in [0.15, 0.2) is 6.79 Å². The molecule has 1 amide bonds. The van der Waals surface area contributed by atoms with Gasteiger partial charge in [0.1, 0.15) is 0 Å². The van der Waals surface area contributed by atoms with Gasteiger partial charge in [0.05, 0.1) is 0 Å². The highest BCUT2D eigenvalue weighted by molar-refractivity contribution is 5.93. The number of hydrogen-bond acceptors (Lipinski definition) is 3. The quantitative estimate of drug-likeness (QED) is 0.537. The topological polar surface area (TPSA) is 38.8 Å². The van der Waals surface area contributed by atoms with Gasteiger partial charge in [-0.05, 0) is 12.1 Å². The Morgan fingerprint density at radius 1 is 1.36 bits per heavy atom. The molecule has 1 aromatic rings. The SMILES string of the molecule is COCON(C)C(=O)c1ccccc1. The first kappa shape index (κ1) is 10.7. The number of carbonyl (C=O) groups excluding carboxylic acids is 1. The second kappa shape index (κ2) is 5.36. The average Bonchev–Trinajstić information content (AvgIpc) is 2.26. The predicted octanol–water partition coefficient (Wildman–Crippen LogP) is 1.29. The lowest BCUT2D eigenvalue weighted by atomic mass is 10.2. The van der Waals surface area contributed by atoms with E-state index in [-0.39, 0.29) is 12.7 Å². The van der Waals surface area contributed by atoms with Crippen LogP contribution in [0.5, 0.6) is 0 Å². The molecule has 0 aliphatic carbocycles. The minimum atomic E-state index is -0.192. The van der Waals surface area contributed by atoms with Gasteiger partial charge in [-0.25, -0.2) is 9.90 Å². The molecule has 1 rings (SSSR count). The van der Waals surface area contributed by atoms with E-state index in [0.29, 0.717) is 5.56 Å². The molecule has 0 radical (unpaired) electrons. The first-order valence-electron chi connectivity index (χ1n) is 4.20. The highest BCUT2D eigenvalue weighted by atomic mass is 16.8. The molecule has 1 aromatic carbocycles. The Morgan fingerprint density at radius 3 is 2.57 bits per heavy atom. The zero-order valence-corrected chi connectivity index (χ0v) is 8.27. The van der Waals surface area contributed by atoms with Crippen molar-refractivity contribution in [3.8, 4) is 0 Å². The van der Waals surface area contributed by atoms with Crippen molar-refractivity contribution in [1.29, 1.82) is 0 Å². The van der Waals surface area contributed by atoms with Crippen molar-refractivity contribution in [2.24, 2.45) is 0 Å². The number of nitrogens with zero attached hydrogens (tertiary/aromatic N) is 1. The number of ether oxygens (including phenoxy) is 1.